The van der Waals surface area contributed by atoms with Gasteiger partial charge in [-0.1, -0.05) is 51.1 Å². The molecule has 0 aliphatic rings. The summed E-state index contributed by atoms with van der Waals surface area (Å²) in [6, 6.07) is 9.78. The Kier molecular flexibility index (Phi) is 7.78. The van der Waals surface area contributed by atoms with Crippen molar-refractivity contribution in [1.29, 1.82) is 0 Å². The first-order valence-corrected chi connectivity index (χ1v) is 9.92. The van der Waals surface area contributed by atoms with Crippen LogP contribution in [0.3, 0.4) is 0 Å². The van der Waals surface area contributed by atoms with E-state index in [2.05, 4.69) is 24.1 Å². The smallest absolute Gasteiger partial charge is 0.245 e. The van der Waals surface area contributed by atoms with Gasteiger partial charge >= 0.3 is 0 Å². The Labute approximate surface area is 159 Å². The Morgan fingerprint density at radius 1 is 1.23 bits per heavy atom. The molecule has 0 spiro atoms. The van der Waals surface area contributed by atoms with Gasteiger partial charge in [0, 0.05) is 18.1 Å². The minimum absolute atomic E-state index is 0.00800. The molecular weight excluding hydrogens is 346 g/mol. The van der Waals surface area contributed by atoms with Crippen LogP contribution in [0.2, 0.25) is 0 Å². The number of rotatable bonds is 9. The van der Waals surface area contributed by atoms with E-state index >= 15 is 0 Å². The van der Waals surface area contributed by atoms with E-state index in [1.165, 1.54) is 11.3 Å². The first kappa shape index (κ1) is 20.1. The van der Waals surface area contributed by atoms with E-state index in [1.807, 2.05) is 37.3 Å². The summed E-state index contributed by atoms with van der Waals surface area (Å²) in [7, 11) is 0. The lowest BCUT2D eigenvalue weighted by atomic mass is 9.94. The highest BCUT2D eigenvalue weighted by Crippen LogP contribution is 2.22. The molecule has 0 saturated carbocycles. The molecule has 1 aromatic heterocycles. The molecule has 2 rings (SSSR count). The Morgan fingerprint density at radius 3 is 2.54 bits per heavy atom. The molecule has 5 nitrogen and oxygen atoms in total. The zero-order valence-electron chi connectivity index (χ0n) is 15.6. The van der Waals surface area contributed by atoms with Crippen LogP contribution < -0.4 is 5.32 Å². The number of carbonyl (C=O) groups is 2. The number of thiazole rings is 1. The van der Waals surface area contributed by atoms with E-state index in [9.17, 15) is 9.59 Å². The number of hydrogen-bond acceptors (Lipinski definition) is 4. The van der Waals surface area contributed by atoms with E-state index in [4.69, 9.17) is 0 Å². The van der Waals surface area contributed by atoms with Gasteiger partial charge in [-0.25, -0.2) is 4.98 Å². The summed E-state index contributed by atoms with van der Waals surface area (Å²) in [5.74, 6) is 0.0359. The number of nitrogens with one attached hydrogen (secondary N) is 1. The summed E-state index contributed by atoms with van der Waals surface area (Å²) < 4.78 is 0. The van der Waals surface area contributed by atoms with Crippen molar-refractivity contribution >= 4 is 28.3 Å². The maximum absolute atomic E-state index is 13.2. The molecule has 2 aromatic rings. The van der Waals surface area contributed by atoms with E-state index < -0.39 is 0 Å². The minimum atomic E-state index is -0.226. The van der Waals surface area contributed by atoms with Gasteiger partial charge in [0.1, 0.15) is 0 Å². The molecular formula is C20H27N3O2S. The maximum Gasteiger partial charge on any atom is 0.245 e. The van der Waals surface area contributed by atoms with Gasteiger partial charge in [0.05, 0.1) is 12.5 Å². The standard InChI is InChI=1S/C20H27N3O2S/c1-4-17(16-8-6-5-7-9-16)19(25)23(12-10-15(2)3)14-18(24)22-20-21-11-13-26-20/h5-9,11,13,15,17H,4,10,12,14H2,1-3H3,(H,21,22,24). The highest BCUT2D eigenvalue weighted by molar-refractivity contribution is 7.13. The average molecular weight is 374 g/mol. The van der Waals surface area contributed by atoms with Crippen molar-refractivity contribution in [2.75, 3.05) is 18.4 Å². The predicted molar refractivity (Wildman–Crippen MR) is 106 cm³/mol. The summed E-state index contributed by atoms with van der Waals surface area (Å²) in [5, 5.41) is 5.13. The quantitative estimate of drug-likeness (QED) is 0.718. The molecule has 26 heavy (non-hydrogen) atoms. The summed E-state index contributed by atoms with van der Waals surface area (Å²) in [5.41, 5.74) is 0.995. The summed E-state index contributed by atoms with van der Waals surface area (Å²) in [6.07, 6.45) is 3.21. The molecule has 1 atom stereocenters. The summed E-state index contributed by atoms with van der Waals surface area (Å²) in [6.45, 7) is 6.87. The number of nitrogens with zero attached hydrogens (tertiary/aromatic N) is 2. The van der Waals surface area contributed by atoms with Gasteiger partial charge in [0.2, 0.25) is 11.8 Å². The topological polar surface area (TPSA) is 62.3 Å². The summed E-state index contributed by atoms with van der Waals surface area (Å²) in [4.78, 5) is 31.3. The van der Waals surface area contributed by atoms with Crippen LogP contribution in [0.5, 0.6) is 0 Å². The van der Waals surface area contributed by atoms with E-state index in [-0.39, 0.29) is 24.3 Å². The molecule has 1 aromatic carbocycles. The third kappa shape index (κ3) is 5.95. The molecule has 1 heterocycles. The molecule has 0 aliphatic heterocycles. The number of amides is 2. The van der Waals surface area contributed by atoms with Crippen LogP contribution >= 0.6 is 11.3 Å². The highest BCUT2D eigenvalue weighted by Gasteiger charge is 2.26. The molecule has 6 heteroatoms. The van der Waals surface area contributed by atoms with E-state index in [1.54, 1.807) is 16.5 Å². The van der Waals surface area contributed by atoms with Gasteiger partial charge in [-0.2, -0.15) is 0 Å². The fourth-order valence-corrected chi connectivity index (χ4v) is 3.30. The number of carbonyl (C=O) groups excluding carboxylic acids is 2. The number of benzene rings is 1. The SMILES string of the molecule is CCC(C(=O)N(CCC(C)C)CC(=O)Nc1nccs1)c1ccccc1. The fourth-order valence-electron chi connectivity index (χ4n) is 2.76. The third-order valence-electron chi connectivity index (χ3n) is 4.21. The Balaban J connectivity index is 2.11. The summed E-state index contributed by atoms with van der Waals surface area (Å²) >= 11 is 1.37. The van der Waals surface area contributed by atoms with Crippen molar-refractivity contribution in [3.8, 4) is 0 Å². The van der Waals surface area contributed by atoms with Crippen LogP contribution in [0.1, 0.15) is 45.1 Å². The predicted octanol–water partition coefficient (Wildman–Crippen LogP) is 4.15. The monoisotopic (exact) mass is 373 g/mol. The van der Waals surface area contributed by atoms with Crippen molar-refractivity contribution < 1.29 is 9.59 Å². The second-order valence-corrected chi connectivity index (χ2v) is 7.59. The molecule has 0 aliphatic carbocycles. The average Bonchev–Trinajstić information content (AvgIpc) is 3.12. The largest absolute Gasteiger partial charge is 0.333 e. The lowest BCUT2D eigenvalue weighted by molar-refractivity contribution is -0.136. The van der Waals surface area contributed by atoms with Crippen molar-refractivity contribution in [2.24, 2.45) is 5.92 Å². The van der Waals surface area contributed by atoms with Gasteiger partial charge < -0.3 is 10.2 Å². The minimum Gasteiger partial charge on any atom is -0.333 e. The zero-order chi connectivity index (χ0) is 18.9. The van der Waals surface area contributed by atoms with Crippen molar-refractivity contribution in [2.45, 2.75) is 39.5 Å². The molecule has 140 valence electrons. The maximum atomic E-state index is 13.2. The Morgan fingerprint density at radius 2 is 1.96 bits per heavy atom. The zero-order valence-corrected chi connectivity index (χ0v) is 16.5. The van der Waals surface area contributed by atoms with Crippen LogP contribution in [0.25, 0.3) is 0 Å². The van der Waals surface area contributed by atoms with Crippen LogP contribution in [0, 0.1) is 5.92 Å². The first-order chi connectivity index (χ1) is 12.5. The van der Waals surface area contributed by atoms with Crippen molar-refractivity contribution in [3.05, 3.63) is 47.5 Å². The molecule has 2 amide bonds. The Hall–Kier alpha value is -2.21. The Bertz CT molecular complexity index is 686. The van der Waals surface area contributed by atoms with Crippen molar-refractivity contribution in [1.82, 2.24) is 9.88 Å². The van der Waals surface area contributed by atoms with Crippen LogP contribution in [0.15, 0.2) is 41.9 Å². The molecule has 0 radical (unpaired) electrons. The van der Waals surface area contributed by atoms with Gasteiger partial charge in [-0.3, -0.25) is 9.59 Å². The normalized spacial score (nSPS) is 12.0. The lowest BCUT2D eigenvalue weighted by Gasteiger charge is -2.27. The van der Waals surface area contributed by atoms with Gasteiger partial charge in [-0.05, 0) is 24.3 Å². The molecule has 0 saturated heterocycles. The van der Waals surface area contributed by atoms with Gasteiger partial charge in [-0.15, -0.1) is 11.3 Å². The second-order valence-electron chi connectivity index (χ2n) is 6.70. The second kappa shape index (κ2) is 10.1. The number of anilines is 1. The van der Waals surface area contributed by atoms with Gasteiger partial charge in [0.25, 0.3) is 0 Å². The van der Waals surface area contributed by atoms with E-state index in [0.29, 0.717) is 24.0 Å². The van der Waals surface area contributed by atoms with Crippen LogP contribution in [-0.2, 0) is 9.59 Å². The van der Waals surface area contributed by atoms with Crippen LogP contribution in [0.4, 0.5) is 5.13 Å². The number of hydrogen-bond donors (Lipinski definition) is 1. The van der Waals surface area contributed by atoms with Crippen LogP contribution in [-0.4, -0.2) is 34.8 Å². The molecule has 1 N–H and O–H groups in total. The molecule has 0 fully saturated rings. The molecule has 0 bridgehead atoms. The molecule has 1 unspecified atom stereocenters. The third-order valence-corrected chi connectivity index (χ3v) is 4.90. The van der Waals surface area contributed by atoms with E-state index in [0.717, 1.165) is 12.0 Å². The van der Waals surface area contributed by atoms with Crippen molar-refractivity contribution in [3.63, 3.8) is 0 Å². The van der Waals surface area contributed by atoms with Gasteiger partial charge in [0.15, 0.2) is 5.13 Å². The number of aromatic nitrogens is 1. The first-order valence-electron chi connectivity index (χ1n) is 9.04. The fraction of sp³-hybridized carbons (Fsp3) is 0.450. The highest BCUT2D eigenvalue weighted by atomic mass is 32.1. The lowest BCUT2D eigenvalue weighted by Crippen LogP contribution is -2.41.